The van der Waals surface area contributed by atoms with Gasteiger partial charge in [-0.25, -0.2) is 4.98 Å². The Morgan fingerprint density at radius 3 is 3.29 bits per heavy atom. The molecule has 1 aromatic rings. The second-order valence-corrected chi connectivity index (χ2v) is 5.19. The summed E-state index contributed by atoms with van der Waals surface area (Å²) in [6, 6.07) is 0. The number of aryl methyl sites for hydroxylation is 1. The van der Waals surface area contributed by atoms with Crippen LogP contribution >= 0.6 is 11.3 Å². The molecule has 0 radical (unpaired) electrons. The van der Waals surface area contributed by atoms with E-state index >= 15 is 0 Å². The molecule has 1 unspecified atom stereocenters. The van der Waals surface area contributed by atoms with Crippen molar-refractivity contribution in [1.82, 2.24) is 4.98 Å². The first-order valence-electron chi connectivity index (χ1n) is 5.85. The molecule has 1 fully saturated rings. The molecule has 0 N–H and O–H groups in total. The van der Waals surface area contributed by atoms with Crippen molar-refractivity contribution in [2.75, 3.05) is 20.3 Å². The number of esters is 1. The van der Waals surface area contributed by atoms with Crippen molar-refractivity contribution in [3.63, 3.8) is 0 Å². The SMILES string of the molecule is COC(=O)CCc1csc(CC2CCOC2)n1. The van der Waals surface area contributed by atoms with Gasteiger partial charge in [0.15, 0.2) is 0 Å². The number of hydrogen-bond acceptors (Lipinski definition) is 5. The maximum absolute atomic E-state index is 11.0. The third-order valence-corrected chi connectivity index (χ3v) is 3.82. The summed E-state index contributed by atoms with van der Waals surface area (Å²) < 4.78 is 9.95. The van der Waals surface area contributed by atoms with Gasteiger partial charge < -0.3 is 9.47 Å². The Kier molecular flexibility index (Phi) is 4.50. The van der Waals surface area contributed by atoms with E-state index in [0.29, 0.717) is 18.8 Å². The van der Waals surface area contributed by atoms with E-state index < -0.39 is 0 Å². The number of carbonyl (C=O) groups excluding carboxylic acids is 1. The Morgan fingerprint density at radius 2 is 2.59 bits per heavy atom. The van der Waals surface area contributed by atoms with Gasteiger partial charge in [-0.3, -0.25) is 4.79 Å². The maximum atomic E-state index is 11.0. The molecule has 1 aliphatic heterocycles. The lowest BCUT2D eigenvalue weighted by molar-refractivity contribution is -0.140. The standard InChI is InChI=1S/C12H17NO3S/c1-15-12(14)3-2-10-8-17-11(13-10)6-9-4-5-16-7-9/h8-9H,2-7H2,1H3. The fourth-order valence-electron chi connectivity index (χ4n) is 1.88. The van der Waals surface area contributed by atoms with Crippen molar-refractivity contribution < 1.29 is 14.3 Å². The van der Waals surface area contributed by atoms with Gasteiger partial charge in [0.05, 0.1) is 24.2 Å². The highest BCUT2D eigenvalue weighted by Crippen LogP contribution is 2.21. The molecule has 1 atom stereocenters. The van der Waals surface area contributed by atoms with Gasteiger partial charge in [-0.1, -0.05) is 0 Å². The summed E-state index contributed by atoms with van der Waals surface area (Å²) >= 11 is 1.68. The van der Waals surface area contributed by atoms with E-state index in [-0.39, 0.29) is 5.97 Å². The molecular formula is C12H17NO3S. The second kappa shape index (κ2) is 6.12. The van der Waals surface area contributed by atoms with Crippen molar-refractivity contribution in [3.8, 4) is 0 Å². The Bertz CT molecular complexity index is 372. The molecule has 2 heterocycles. The number of ether oxygens (including phenoxy) is 2. The zero-order valence-corrected chi connectivity index (χ0v) is 10.8. The van der Waals surface area contributed by atoms with Crippen LogP contribution in [0.4, 0.5) is 0 Å². The van der Waals surface area contributed by atoms with Gasteiger partial charge in [0.25, 0.3) is 0 Å². The van der Waals surface area contributed by atoms with Gasteiger partial charge >= 0.3 is 5.97 Å². The van der Waals surface area contributed by atoms with E-state index in [9.17, 15) is 4.79 Å². The Balaban J connectivity index is 1.80. The van der Waals surface area contributed by atoms with Gasteiger partial charge in [-0.05, 0) is 12.3 Å². The Morgan fingerprint density at radius 1 is 1.71 bits per heavy atom. The van der Waals surface area contributed by atoms with Gasteiger partial charge in [-0.15, -0.1) is 11.3 Å². The minimum Gasteiger partial charge on any atom is -0.469 e. The fourth-order valence-corrected chi connectivity index (χ4v) is 2.83. The molecule has 0 spiro atoms. The minimum atomic E-state index is -0.177. The van der Waals surface area contributed by atoms with Crippen LogP contribution in [0.2, 0.25) is 0 Å². The lowest BCUT2D eigenvalue weighted by atomic mass is 10.1. The minimum absolute atomic E-state index is 0.177. The molecular weight excluding hydrogens is 238 g/mol. The molecule has 0 aromatic carbocycles. The molecule has 94 valence electrons. The zero-order chi connectivity index (χ0) is 12.1. The van der Waals surface area contributed by atoms with Crippen molar-refractivity contribution in [3.05, 3.63) is 16.1 Å². The highest BCUT2D eigenvalue weighted by Gasteiger charge is 2.17. The lowest BCUT2D eigenvalue weighted by Gasteiger charge is -2.02. The third-order valence-electron chi connectivity index (χ3n) is 2.90. The van der Waals surface area contributed by atoms with Crippen molar-refractivity contribution in [2.45, 2.75) is 25.7 Å². The predicted octanol–water partition coefficient (Wildman–Crippen LogP) is 1.83. The normalized spacial score (nSPS) is 19.5. The van der Waals surface area contributed by atoms with Crippen LogP contribution in [0, 0.1) is 5.92 Å². The van der Waals surface area contributed by atoms with Gasteiger partial charge in [-0.2, -0.15) is 0 Å². The van der Waals surface area contributed by atoms with Crippen LogP contribution in [-0.2, 0) is 27.1 Å². The molecule has 1 aliphatic rings. The van der Waals surface area contributed by atoms with Crippen molar-refractivity contribution in [2.24, 2.45) is 5.92 Å². The summed E-state index contributed by atoms with van der Waals surface area (Å²) in [5.74, 6) is 0.443. The van der Waals surface area contributed by atoms with Crippen LogP contribution in [0.15, 0.2) is 5.38 Å². The van der Waals surface area contributed by atoms with Crippen LogP contribution in [0.1, 0.15) is 23.5 Å². The summed E-state index contributed by atoms with van der Waals surface area (Å²) in [6.45, 7) is 1.74. The topological polar surface area (TPSA) is 48.4 Å². The molecule has 1 saturated heterocycles. The van der Waals surface area contributed by atoms with Gasteiger partial charge in [0, 0.05) is 31.4 Å². The first-order valence-corrected chi connectivity index (χ1v) is 6.73. The molecule has 0 aliphatic carbocycles. The first kappa shape index (κ1) is 12.5. The summed E-state index contributed by atoms with van der Waals surface area (Å²) in [5.41, 5.74) is 0.995. The Hall–Kier alpha value is -0.940. The lowest BCUT2D eigenvalue weighted by Crippen LogP contribution is -2.04. The molecule has 5 heteroatoms. The van der Waals surface area contributed by atoms with E-state index in [1.807, 2.05) is 5.38 Å². The highest BCUT2D eigenvalue weighted by molar-refractivity contribution is 7.09. The summed E-state index contributed by atoms with van der Waals surface area (Å²) in [6.07, 6.45) is 3.22. The first-order chi connectivity index (χ1) is 8.28. The van der Waals surface area contributed by atoms with Crippen LogP contribution in [0.3, 0.4) is 0 Å². The predicted molar refractivity (Wildman–Crippen MR) is 65.1 cm³/mol. The molecule has 0 amide bonds. The average Bonchev–Trinajstić information content (AvgIpc) is 2.98. The number of aromatic nitrogens is 1. The van der Waals surface area contributed by atoms with E-state index in [4.69, 9.17) is 4.74 Å². The van der Waals surface area contributed by atoms with Gasteiger partial charge in [0.1, 0.15) is 0 Å². The average molecular weight is 255 g/mol. The molecule has 17 heavy (non-hydrogen) atoms. The number of hydrogen-bond donors (Lipinski definition) is 0. The number of thiazole rings is 1. The second-order valence-electron chi connectivity index (χ2n) is 4.24. The number of carbonyl (C=O) groups is 1. The van der Waals surface area contributed by atoms with Crippen LogP contribution < -0.4 is 0 Å². The smallest absolute Gasteiger partial charge is 0.305 e. The molecule has 1 aromatic heterocycles. The van der Waals surface area contributed by atoms with Crippen LogP contribution in [0.25, 0.3) is 0 Å². The van der Waals surface area contributed by atoms with Crippen molar-refractivity contribution >= 4 is 17.3 Å². The largest absolute Gasteiger partial charge is 0.469 e. The van der Waals surface area contributed by atoms with E-state index in [0.717, 1.165) is 36.8 Å². The maximum Gasteiger partial charge on any atom is 0.305 e. The number of rotatable bonds is 5. The zero-order valence-electron chi connectivity index (χ0n) is 9.98. The molecule has 0 bridgehead atoms. The third kappa shape index (κ3) is 3.78. The summed E-state index contributed by atoms with van der Waals surface area (Å²) in [4.78, 5) is 15.5. The summed E-state index contributed by atoms with van der Waals surface area (Å²) in [5, 5.41) is 3.19. The highest BCUT2D eigenvalue weighted by atomic mass is 32.1. The monoisotopic (exact) mass is 255 g/mol. The number of nitrogens with zero attached hydrogens (tertiary/aromatic N) is 1. The van der Waals surface area contributed by atoms with E-state index in [2.05, 4.69) is 9.72 Å². The molecule has 0 saturated carbocycles. The van der Waals surface area contributed by atoms with E-state index in [1.54, 1.807) is 11.3 Å². The van der Waals surface area contributed by atoms with Crippen LogP contribution in [-0.4, -0.2) is 31.3 Å². The fraction of sp³-hybridized carbons (Fsp3) is 0.667. The number of methoxy groups -OCH3 is 1. The van der Waals surface area contributed by atoms with Gasteiger partial charge in [0.2, 0.25) is 0 Å². The van der Waals surface area contributed by atoms with Crippen LogP contribution in [0.5, 0.6) is 0 Å². The Labute approximate surface area is 105 Å². The molecule has 2 rings (SSSR count). The quantitative estimate of drug-likeness (QED) is 0.753. The van der Waals surface area contributed by atoms with E-state index in [1.165, 1.54) is 7.11 Å². The van der Waals surface area contributed by atoms with Crippen molar-refractivity contribution in [1.29, 1.82) is 0 Å². The summed E-state index contributed by atoms with van der Waals surface area (Å²) in [7, 11) is 1.41. The molecule has 4 nitrogen and oxygen atoms in total.